The fourth-order valence-electron chi connectivity index (χ4n) is 2.14. The minimum atomic E-state index is 0.698. The van der Waals surface area contributed by atoms with Gasteiger partial charge in [-0.2, -0.15) is 0 Å². The van der Waals surface area contributed by atoms with E-state index in [1.54, 1.807) is 23.3 Å². The van der Waals surface area contributed by atoms with Crippen molar-refractivity contribution >= 4 is 49.4 Å². The third kappa shape index (κ3) is 2.84. The van der Waals surface area contributed by atoms with Gasteiger partial charge in [-0.25, -0.2) is 4.98 Å². The highest BCUT2D eigenvalue weighted by atomic mass is 79.9. The van der Waals surface area contributed by atoms with Crippen LogP contribution in [0.25, 0.3) is 10.2 Å². The Hall–Kier alpha value is -0.100. The molecule has 2 aromatic rings. The molecule has 3 rings (SSSR count). The summed E-state index contributed by atoms with van der Waals surface area (Å²) in [7, 11) is 0. The fourth-order valence-corrected chi connectivity index (χ4v) is 4.51. The topological polar surface area (TPSA) is 24.9 Å². The van der Waals surface area contributed by atoms with Crippen LogP contribution >= 0.6 is 39.2 Å². The van der Waals surface area contributed by atoms with E-state index in [9.17, 15) is 0 Å². The van der Waals surface area contributed by atoms with Gasteiger partial charge in [0.05, 0.1) is 10.2 Å². The average Bonchev–Trinajstić information content (AvgIpc) is 2.92. The quantitative estimate of drug-likeness (QED) is 0.833. The second-order valence-corrected chi connectivity index (χ2v) is 7.52. The molecule has 2 nitrogen and oxygen atoms in total. The molecule has 0 atom stereocenters. The van der Waals surface area contributed by atoms with E-state index >= 15 is 0 Å². The number of nitrogens with zero attached hydrogens (tertiary/aromatic N) is 1. The molecular formula is C12H13BrN2S2. The Kier molecular flexibility index (Phi) is 3.70. The molecule has 0 amide bonds. The Labute approximate surface area is 117 Å². The molecule has 5 heteroatoms. The molecule has 1 aromatic heterocycles. The fraction of sp³-hybridized carbons (Fsp3) is 0.417. The van der Waals surface area contributed by atoms with Gasteiger partial charge in [0, 0.05) is 10.9 Å². The zero-order valence-electron chi connectivity index (χ0n) is 9.28. The molecule has 1 fully saturated rings. The van der Waals surface area contributed by atoms with E-state index in [0.29, 0.717) is 6.04 Å². The maximum atomic E-state index is 4.40. The van der Waals surface area contributed by atoms with Gasteiger partial charge in [0.25, 0.3) is 0 Å². The van der Waals surface area contributed by atoms with Gasteiger partial charge < -0.3 is 0 Å². The zero-order valence-corrected chi connectivity index (χ0v) is 12.5. The van der Waals surface area contributed by atoms with Crippen molar-refractivity contribution in [3.8, 4) is 0 Å². The first kappa shape index (κ1) is 12.0. The molecule has 0 radical (unpaired) electrons. The molecule has 0 spiro atoms. The number of rotatable bonds is 3. The Morgan fingerprint density at radius 2 is 2.18 bits per heavy atom. The number of fused-ring (bicyclic) bond motifs is 1. The zero-order chi connectivity index (χ0) is 11.7. The average molecular weight is 329 g/mol. The van der Waals surface area contributed by atoms with Crippen molar-refractivity contribution in [2.75, 3.05) is 0 Å². The lowest BCUT2D eigenvalue weighted by atomic mass is 10.3. The molecule has 1 N–H and O–H groups in total. The van der Waals surface area contributed by atoms with E-state index in [4.69, 9.17) is 0 Å². The van der Waals surface area contributed by atoms with Crippen LogP contribution in [-0.4, -0.2) is 11.0 Å². The van der Waals surface area contributed by atoms with Gasteiger partial charge in [0.15, 0.2) is 3.92 Å². The second-order valence-electron chi connectivity index (χ2n) is 4.30. The predicted molar refractivity (Wildman–Crippen MR) is 78.6 cm³/mol. The van der Waals surface area contributed by atoms with Gasteiger partial charge >= 0.3 is 0 Å². The van der Waals surface area contributed by atoms with Crippen LogP contribution < -0.4 is 4.72 Å². The lowest BCUT2D eigenvalue weighted by Gasteiger charge is -2.10. The maximum absolute atomic E-state index is 4.40. The van der Waals surface area contributed by atoms with Gasteiger partial charge in [-0.3, -0.25) is 4.72 Å². The van der Waals surface area contributed by atoms with E-state index < -0.39 is 0 Å². The first-order valence-corrected chi connectivity index (χ1v) is 8.22. The molecule has 0 bridgehead atoms. The van der Waals surface area contributed by atoms with Gasteiger partial charge in [-0.05, 0) is 58.9 Å². The molecule has 0 unspecified atom stereocenters. The second kappa shape index (κ2) is 5.26. The first-order chi connectivity index (χ1) is 8.31. The SMILES string of the molecule is Brc1nc2ccc(SNC3CCCC3)cc2s1. The van der Waals surface area contributed by atoms with E-state index in [-0.39, 0.29) is 0 Å². The predicted octanol–water partition coefficient (Wildman–Crippen LogP) is 4.60. The first-order valence-electron chi connectivity index (χ1n) is 5.80. The summed E-state index contributed by atoms with van der Waals surface area (Å²) < 4.78 is 5.76. The molecule has 90 valence electrons. The molecule has 17 heavy (non-hydrogen) atoms. The van der Waals surface area contributed by atoms with Crippen LogP contribution in [0.4, 0.5) is 0 Å². The molecule has 1 heterocycles. The molecule has 1 aliphatic carbocycles. The van der Waals surface area contributed by atoms with Crippen molar-refractivity contribution < 1.29 is 0 Å². The highest BCUT2D eigenvalue weighted by molar-refractivity contribution is 9.11. The van der Waals surface area contributed by atoms with Crippen LogP contribution in [0.2, 0.25) is 0 Å². The van der Waals surface area contributed by atoms with E-state index in [2.05, 4.69) is 43.8 Å². The third-order valence-electron chi connectivity index (χ3n) is 3.03. The normalized spacial score (nSPS) is 17.0. The molecule has 1 aromatic carbocycles. The number of halogens is 1. The monoisotopic (exact) mass is 328 g/mol. The number of benzene rings is 1. The van der Waals surface area contributed by atoms with Gasteiger partial charge in [-0.15, -0.1) is 11.3 Å². The smallest absolute Gasteiger partial charge is 0.160 e. The van der Waals surface area contributed by atoms with Gasteiger partial charge in [0.1, 0.15) is 0 Å². The lowest BCUT2D eigenvalue weighted by Crippen LogP contribution is -2.18. The van der Waals surface area contributed by atoms with Crippen molar-refractivity contribution in [2.45, 2.75) is 36.6 Å². The Bertz CT molecular complexity index is 520. The van der Waals surface area contributed by atoms with Gasteiger partial charge in [-0.1, -0.05) is 12.8 Å². The summed E-state index contributed by atoms with van der Waals surface area (Å²) in [6, 6.07) is 7.14. The summed E-state index contributed by atoms with van der Waals surface area (Å²) in [5.74, 6) is 0. The lowest BCUT2D eigenvalue weighted by molar-refractivity contribution is 0.657. The van der Waals surface area contributed by atoms with Crippen molar-refractivity contribution in [1.29, 1.82) is 0 Å². The van der Waals surface area contributed by atoms with E-state index in [1.165, 1.54) is 35.3 Å². The summed E-state index contributed by atoms with van der Waals surface area (Å²) >= 11 is 6.87. The van der Waals surface area contributed by atoms with Crippen LogP contribution in [0.3, 0.4) is 0 Å². The Morgan fingerprint density at radius 1 is 1.35 bits per heavy atom. The summed E-state index contributed by atoms with van der Waals surface area (Å²) in [6.45, 7) is 0. The van der Waals surface area contributed by atoms with Crippen molar-refractivity contribution in [2.24, 2.45) is 0 Å². The molecular weight excluding hydrogens is 316 g/mol. The third-order valence-corrected chi connectivity index (χ3v) is 5.44. The summed E-state index contributed by atoms with van der Waals surface area (Å²) in [5, 5.41) is 0. The van der Waals surface area contributed by atoms with Crippen LogP contribution in [0.15, 0.2) is 27.0 Å². The number of hydrogen-bond acceptors (Lipinski definition) is 4. The number of hydrogen-bond donors (Lipinski definition) is 1. The van der Waals surface area contributed by atoms with Gasteiger partial charge in [0.2, 0.25) is 0 Å². The van der Waals surface area contributed by atoms with E-state index in [0.717, 1.165) is 9.43 Å². The number of thiazole rings is 1. The molecule has 1 saturated carbocycles. The molecule has 0 saturated heterocycles. The minimum absolute atomic E-state index is 0.698. The highest BCUT2D eigenvalue weighted by Crippen LogP contribution is 2.30. The molecule has 1 aliphatic rings. The van der Waals surface area contributed by atoms with E-state index in [1.807, 2.05) is 0 Å². The minimum Gasteiger partial charge on any atom is -0.257 e. The summed E-state index contributed by atoms with van der Waals surface area (Å²) in [5.41, 5.74) is 1.08. The Balaban J connectivity index is 1.71. The molecule has 0 aliphatic heterocycles. The summed E-state index contributed by atoms with van der Waals surface area (Å²) in [6.07, 6.45) is 5.39. The van der Waals surface area contributed by atoms with Crippen LogP contribution in [0.1, 0.15) is 25.7 Å². The van der Waals surface area contributed by atoms with Crippen LogP contribution in [0, 0.1) is 0 Å². The highest BCUT2D eigenvalue weighted by Gasteiger charge is 2.14. The van der Waals surface area contributed by atoms with Crippen molar-refractivity contribution in [3.05, 3.63) is 22.1 Å². The van der Waals surface area contributed by atoms with Crippen molar-refractivity contribution in [3.63, 3.8) is 0 Å². The van der Waals surface area contributed by atoms with Crippen molar-refractivity contribution in [1.82, 2.24) is 9.71 Å². The number of nitrogens with one attached hydrogen (secondary N) is 1. The largest absolute Gasteiger partial charge is 0.257 e. The Morgan fingerprint density at radius 3 is 3.00 bits per heavy atom. The standard InChI is InChI=1S/C12H13BrN2S2/c13-12-14-10-6-5-9(7-11(10)16-12)17-15-8-3-1-2-4-8/h5-8,15H,1-4H2. The number of aromatic nitrogens is 1. The maximum Gasteiger partial charge on any atom is 0.160 e. The van der Waals surface area contributed by atoms with Crippen LogP contribution in [0.5, 0.6) is 0 Å². The van der Waals surface area contributed by atoms with Crippen LogP contribution in [-0.2, 0) is 0 Å². The summed E-state index contributed by atoms with van der Waals surface area (Å²) in [4.78, 5) is 5.68.